The van der Waals surface area contributed by atoms with Crippen molar-refractivity contribution >= 4 is 34.9 Å². The minimum Gasteiger partial charge on any atom is -0.479 e. The Balaban J connectivity index is 1.83. The molecule has 2 aromatic carbocycles. The molecule has 184 valence electrons. The molecule has 0 spiro atoms. The van der Waals surface area contributed by atoms with Gasteiger partial charge in [-0.05, 0) is 80.3 Å². The van der Waals surface area contributed by atoms with Crippen molar-refractivity contribution in [2.75, 3.05) is 0 Å². The van der Waals surface area contributed by atoms with E-state index in [2.05, 4.69) is 18.0 Å². The molecule has 2 N–H and O–H groups in total. The van der Waals surface area contributed by atoms with Gasteiger partial charge in [-0.2, -0.15) is 0 Å². The summed E-state index contributed by atoms with van der Waals surface area (Å²) in [6.45, 7) is 8.25. The Hall–Kier alpha value is -2.08. The van der Waals surface area contributed by atoms with E-state index < -0.39 is 18.2 Å². The molecular formula is C27H32Cl2FNO3. The molecule has 2 aromatic rings. The van der Waals surface area contributed by atoms with Crippen LogP contribution in [0.4, 0.5) is 4.39 Å². The highest BCUT2D eigenvalue weighted by Gasteiger charge is 2.25. The minimum atomic E-state index is -0.982. The molecule has 0 heterocycles. The van der Waals surface area contributed by atoms with E-state index >= 15 is 0 Å². The van der Waals surface area contributed by atoms with E-state index in [4.69, 9.17) is 27.9 Å². The van der Waals surface area contributed by atoms with Gasteiger partial charge >= 0.3 is 5.97 Å². The zero-order chi connectivity index (χ0) is 24.8. The Morgan fingerprint density at radius 3 is 2.50 bits per heavy atom. The summed E-state index contributed by atoms with van der Waals surface area (Å²) in [5.74, 6) is -0.711. The Kier molecular flexibility index (Phi) is 9.40. The lowest BCUT2D eigenvalue weighted by atomic mass is 9.80. The first kappa shape index (κ1) is 26.5. The van der Waals surface area contributed by atoms with Crippen molar-refractivity contribution in [2.24, 2.45) is 0 Å². The first-order chi connectivity index (χ1) is 16.1. The fourth-order valence-corrected chi connectivity index (χ4v) is 4.99. The number of nitrogens with one attached hydrogen (secondary N) is 1. The Labute approximate surface area is 211 Å². The molecule has 3 rings (SSSR count). The van der Waals surface area contributed by atoms with Gasteiger partial charge in [0, 0.05) is 29.2 Å². The van der Waals surface area contributed by atoms with Crippen molar-refractivity contribution in [1.29, 1.82) is 0 Å². The van der Waals surface area contributed by atoms with Gasteiger partial charge in [0.25, 0.3) is 0 Å². The molecule has 0 saturated heterocycles. The molecule has 1 atom stereocenters. The SMILES string of the molecule is C=C(NCc1cc(CC(OC(C)C)C(=O)O)ccc1C1CCC(F)CC1)c1ccc(Cl)cc1Cl. The number of rotatable bonds is 10. The van der Waals surface area contributed by atoms with Crippen LogP contribution in [-0.2, 0) is 22.5 Å². The molecule has 4 nitrogen and oxygen atoms in total. The van der Waals surface area contributed by atoms with Gasteiger partial charge in [0.2, 0.25) is 0 Å². The van der Waals surface area contributed by atoms with E-state index in [1.54, 1.807) is 12.1 Å². The third-order valence-electron chi connectivity index (χ3n) is 6.19. The largest absolute Gasteiger partial charge is 0.479 e. The summed E-state index contributed by atoms with van der Waals surface area (Å²) in [6, 6.07) is 11.3. The molecule has 0 aliphatic heterocycles. The average molecular weight is 508 g/mol. The molecule has 0 bridgehead atoms. The van der Waals surface area contributed by atoms with Crippen LogP contribution in [0.2, 0.25) is 10.0 Å². The second-order valence-electron chi connectivity index (χ2n) is 9.15. The summed E-state index contributed by atoms with van der Waals surface area (Å²) in [6.07, 6.45) is 1.15. The van der Waals surface area contributed by atoms with Crippen molar-refractivity contribution < 1.29 is 19.0 Å². The fraction of sp³-hybridized carbons (Fsp3) is 0.444. The van der Waals surface area contributed by atoms with Gasteiger partial charge < -0.3 is 15.2 Å². The number of aliphatic carboxylic acids is 1. The quantitative estimate of drug-likeness (QED) is 0.357. The van der Waals surface area contributed by atoms with Crippen molar-refractivity contribution in [2.45, 2.75) is 76.8 Å². The summed E-state index contributed by atoms with van der Waals surface area (Å²) < 4.78 is 19.3. The van der Waals surface area contributed by atoms with Crippen LogP contribution in [0.1, 0.15) is 67.7 Å². The second kappa shape index (κ2) is 12.1. The molecule has 1 aliphatic rings. The molecule has 1 unspecified atom stereocenters. The highest BCUT2D eigenvalue weighted by molar-refractivity contribution is 6.35. The highest BCUT2D eigenvalue weighted by Crippen LogP contribution is 2.36. The van der Waals surface area contributed by atoms with E-state index in [0.29, 0.717) is 35.1 Å². The number of halogens is 3. The third-order valence-corrected chi connectivity index (χ3v) is 6.73. The third kappa shape index (κ3) is 7.21. The van der Waals surface area contributed by atoms with Crippen LogP contribution in [0.25, 0.3) is 5.70 Å². The summed E-state index contributed by atoms with van der Waals surface area (Å²) >= 11 is 12.3. The van der Waals surface area contributed by atoms with Crippen LogP contribution in [0.15, 0.2) is 43.0 Å². The molecule has 0 aromatic heterocycles. The van der Waals surface area contributed by atoms with E-state index in [9.17, 15) is 14.3 Å². The summed E-state index contributed by atoms with van der Waals surface area (Å²) in [4.78, 5) is 11.7. The van der Waals surface area contributed by atoms with Crippen LogP contribution in [0.5, 0.6) is 0 Å². The van der Waals surface area contributed by atoms with Crippen LogP contribution in [-0.4, -0.2) is 29.5 Å². The van der Waals surface area contributed by atoms with Gasteiger partial charge in [0.05, 0.1) is 11.1 Å². The zero-order valence-corrected chi connectivity index (χ0v) is 21.1. The topological polar surface area (TPSA) is 58.6 Å². The summed E-state index contributed by atoms with van der Waals surface area (Å²) in [5, 5.41) is 14.0. The molecule has 1 aliphatic carbocycles. The van der Waals surface area contributed by atoms with Crippen molar-refractivity contribution in [3.63, 3.8) is 0 Å². The molecule has 0 amide bonds. The number of benzene rings is 2. The smallest absolute Gasteiger partial charge is 0.333 e. The van der Waals surface area contributed by atoms with E-state index in [1.165, 1.54) is 0 Å². The molecule has 34 heavy (non-hydrogen) atoms. The Bertz CT molecular complexity index is 1020. The van der Waals surface area contributed by atoms with Crippen molar-refractivity contribution in [3.8, 4) is 0 Å². The Morgan fingerprint density at radius 1 is 1.18 bits per heavy atom. The molecule has 7 heteroatoms. The van der Waals surface area contributed by atoms with Crippen molar-refractivity contribution in [3.05, 3.63) is 75.3 Å². The first-order valence-electron chi connectivity index (χ1n) is 11.7. The molecule has 1 fully saturated rings. The Morgan fingerprint density at radius 2 is 1.88 bits per heavy atom. The minimum absolute atomic E-state index is 0.190. The summed E-state index contributed by atoms with van der Waals surface area (Å²) in [7, 11) is 0. The number of hydrogen-bond donors (Lipinski definition) is 2. The number of hydrogen-bond acceptors (Lipinski definition) is 3. The van der Waals surface area contributed by atoms with Crippen LogP contribution < -0.4 is 5.32 Å². The van der Waals surface area contributed by atoms with Gasteiger partial charge in [0.15, 0.2) is 6.10 Å². The van der Waals surface area contributed by atoms with Gasteiger partial charge in [-0.15, -0.1) is 0 Å². The van der Waals surface area contributed by atoms with Gasteiger partial charge in [-0.1, -0.05) is 48.0 Å². The highest BCUT2D eigenvalue weighted by atomic mass is 35.5. The van der Waals surface area contributed by atoms with Crippen LogP contribution in [0.3, 0.4) is 0 Å². The summed E-state index contributed by atoms with van der Waals surface area (Å²) in [5.41, 5.74) is 4.51. The number of carboxylic acids is 1. The standard InChI is InChI=1S/C27H32Cl2FNO3/c1-16(2)34-26(27(32)33)13-18-4-10-24(19-5-8-22(30)9-6-19)20(12-18)15-31-17(3)23-11-7-21(28)14-25(23)29/h4,7,10-12,14,16,19,22,26,31H,3,5-6,8-9,13,15H2,1-2H3,(H,32,33). The number of alkyl halides is 1. The first-order valence-corrected chi connectivity index (χ1v) is 12.4. The zero-order valence-electron chi connectivity index (χ0n) is 19.6. The normalized spacial score (nSPS) is 19.1. The van der Waals surface area contributed by atoms with Crippen LogP contribution >= 0.6 is 23.2 Å². The molecule has 1 saturated carbocycles. The predicted octanol–water partition coefficient (Wildman–Crippen LogP) is 7.17. The lowest BCUT2D eigenvalue weighted by Crippen LogP contribution is -2.29. The maximum absolute atomic E-state index is 13.8. The van der Waals surface area contributed by atoms with Crippen molar-refractivity contribution in [1.82, 2.24) is 5.32 Å². The molecular weight excluding hydrogens is 476 g/mol. The predicted molar refractivity (Wildman–Crippen MR) is 136 cm³/mol. The van der Waals surface area contributed by atoms with Gasteiger partial charge in [0.1, 0.15) is 6.17 Å². The van der Waals surface area contributed by atoms with E-state index in [1.807, 2.05) is 32.0 Å². The maximum atomic E-state index is 13.8. The second-order valence-corrected chi connectivity index (χ2v) is 10.00. The number of ether oxygens (including phenoxy) is 1. The van der Waals surface area contributed by atoms with Crippen LogP contribution in [0, 0.1) is 0 Å². The van der Waals surface area contributed by atoms with Gasteiger partial charge in [-0.3, -0.25) is 0 Å². The average Bonchev–Trinajstić information content (AvgIpc) is 2.77. The fourth-order valence-electron chi connectivity index (χ4n) is 4.47. The lowest BCUT2D eigenvalue weighted by Gasteiger charge is -2.27. The lowest BCUT2D eigenvalue weighted by molar-refractivity contribution is -0.153. The van der Waals surface area contributed by atoms with E-state index in [0.717, 1.165) is 35.1 Å². The molecule has 0 radical (unpaired) electrons. The van der Waals surface area contributed by atoms with E-state index in [-0.39, 0.29) is 18.4 Å². The van der Waals surface area contributed by atoms with Gasteiger partial charge in [-0.25, -0.2) is 9.18 Å². The number of carboxylic acid groups (broad SMARTS) is 1. The maximum Gasteiger partial charge on any atom is 0.333 e. The monoisotopic (exact) mass is 507 g/mol. The number of carbonyl (C=O) groups is 1.